The predicted molar refractivity (Wildman–Crippen MR) is 57.0 cm³/mol. The van der Waals surface area contributed by atoms with E-state index < -0.39 is 5.43 Å². The van der Waals surface area contributed by atoms with E-state index >= 15 is 0 Å². The highest BCUT2D eigenvalue weighted by atomic mass is 35.5. The fraction of sp³-hybridized carbons (Fsp3) is 0.364. The van der Waals surface area contributed by atoms with E-state index in [0.717, 1.165) is 12.0 Å². The maximum absolute atomic E-state index is 10.6. The van der Waals surface area contributed by atoms with Gasteiger partial charge in [0.2, 0.25) is 0 Å². The predicted octanol–water partition coefficient (Wildman–Crippen LogP) is 3.94. The standard InChI is InChI=1S/C11H13ClO2/c1-3-8(2)9-6-4-5-7-10(9)14-11(12)13/h4-8H,3H2,1-2H3. The lowest BCUT2D eigenvalue weighted by atomic mass is 9.98. The maximum atomic E-state index is 10.6. The van der Waals surface area contributed by atoms with Crippen molar-refractivity contribution in [2.45, 2.75) is 26.2 Å². The van der Waals surface area contributed by atoms with E-state index in [1.54, 1.807) is 6.07 Å². The number of hydrogen-bond acceptors (Lipinski definition) is 2. The van der Waals surface area contributed by atoms with E-state index in [1.807, 2.05) is 18.2 Å². The summed E-state index contributed by atoms with van der Waals surface area (Å²) in [6.45, 7) is 4.17. The van der Waals surface area contributed by atoms with Crippen molar-refractivity contribution in [1.82, 2.24) is 0 Å². The molecule has 1 atom stereocenters. The number of halogens is 1. The van der Waals surface area contributed by atoms with Crippen LogP contribution in [0.3, 0.4) is 0 Å². The lowest BCUT2D eigenvalue weighted by Crippen LogP contribution is -2.01. The Morgan fingerprint density at radius 1 is 1.50 bits per heavy atom. The molecule has 2 nitrogen and oxygen atoms in total. The number of hydrogen-bond donors (Lipinski definition) is 0. The van der Waals surface area contributed by atoms with Crippen LogP contribution in [0.2, 0.25) is 0 Å². The van der Waals surface area contributed by atoms with E-state index in [9.17, 15) is 4.79 Å². The Labute approximate surface area is 88.8 Å². The molecule has 0 aliphatic carbocycles. The molecule has 76 valence electrons. The molecule has 0 amide bonds. The number of carbonyl (C=O) groups excluding carboxylic acids is 1. The molecular formula is C11H13ClO2. The van der Waals surface area contributed by atoms with Gasteiger partial charge < -0.3 is 4.74 Å². The summed E-state index contributed by atoms with van der Waals surface area (Å²) in [5, 5.41) is 0. The van der Waals surface area contributed by atoms with Crippen LogP contribution in [0, 0.1) is 0 Å². The number of ether oxygens (including phenoxy) is 1. The largest absolute Gasteiger partial charge is 0.414 e. The van der Waals surface area contributed by atoms with E-state index in [4.69, 9.17) is 16.3 Å². The van der Waals surface area contributed by atoms with Gasteiger partial charge in [-0.15, -0.1) is 0 Å². The minimum atomic E-state index is -0.791. The topological polar surface area (TPSA) is 26.3 Å². The van der Waals surface area contributed by atoms with Crippen LogP contribution in [0.1, 0.15) is 31.7 Å². The lowest BCUT2D eigenvalue weighted by Gasteiger charge is -2.12. The summed E-state index contributed by atoms with van der Waals surface area (Å²) in [4.78, 5) is 10.6. The summed E-state index contributed by atoms with van der Waals surface area (Å²) < 4.78 is 4.89. The van der Waals surface area contributed by atoms with Crippen LogP contribution in [-0.2, 0) is 0 Å². The van der Waals surface area contributed by atoms with Gasteiger partial charge >= 0.3 is 5.43 Å². The fourth-order valence-electron chi connectivity index (χ4n) is 1.29. The third-order valence-corrected chi connectivity index (χ3v) is 2.33. The molecule has 0 N–H and O–H groups in total. The van der Waals surface area contributed by atoms with Crippen LogP contribution in [0.5, 0.6) is 5.75 Å². The molecule has 0 spiro atoms. The van der Waals surface area contributed by atoms with Crippen LogP contribution in [0.15, 0.2) is 24.3 Å². The highest BCUT2D eigenvalue weighted by Crippen LogP contribution is 2.28. The van der Waals surface area contributed by atoms with Crippen molar-refractivity contribution < 1.29 is 9.53 Å². The first kappa shape index (κ1) is 11.1. The van der Waals surface area contributed by atoms with Crippen LogP contribution in [0.25, 0.3) is 0 Å². The highest BCUT2D eigenvalue weighted by molar-refractivity contribution is 6.61. The van der Waals surface area contributed by atoms with Crippen molar-refractivity contribution in [3.63, 3.8) is 0 Å². The second-order valence-electron chi connectivity index (χ2n) is 3.19. The van der Waals surface area contributed by atoms with Crippen LogP contribution >= 0.6 is 11.6 Å². The number of benzene rings is 1. The molecule has 0 aliphatic rings. The normalized spacial score (nSPS) is 12.2. The monoisotopic (exact) mass is 212 g/mol. The summed E-state index contributed by atoms with van der Waals surface area (Å²) in [5.41, 5.74) is 0.227. The van der Waals surface area contributed by atoms with Crippen molar-refractivity contribution in [3.05, 3.63) is 29.8 Å². The first-order valence-corrected chi connectivity index (χ1v) is 4.99. The van der Waals surface area contributed by atoms with Gasteiger partial charge in [-0.25, -0.2) is 4.79 Å². The molecule has 0 aliphatic heterocycles. The average Bonchev–Trinajstić information content (AvgIpc) is 2.16. The highest BCUT2D eigenvalue weighted by Gasteiger charge is 2.11. The van der Waals surface area contributed by atoms with Gasteiger partial charge in [0.25, 0.3) is 0 Å². The second kappa shape index (κ2) is 5.01. The third kappa shape index (κ3) is 2.74. The zero-order valence-electron chi connectivity index (χ0n) is 8.29. The van der Waals surface area contributed by atoms with Crippen molar-refractivity contribution in [2.75, 3.05) is 0 Å². The van der Waals surface area contributed by atoms with Crippen LogP contribution in [0.4, 0.5) is 4.79 Å². The Morgan fingerprint density at radius 2 is 2.14 bits per heavy atom. The molecule has 1 aromatic rings. The molecule has 0 saturated carbocycles. The molecule has 0 radical (unpaired) electrons. The zero-order chi connectivity index (χ0) is 10.6. The molecule has 1 aromatic carbocycles. The van der Waals surface area contributed by atoms with E-state index in [0.29, 0.717) is 11.7 Å². The molecule has 0 saturated heterocycles. The van der Waals surface area contributed by atoms with Gasteiger partial charge in [-0.1, -0.05) is 32.0 Å². The van der Waals surface area contributed by atoms with Crippen LogP contribution < -0.4 is 4.74 Å². The van der Waals surface area contributed by atoms with E-state index in [-0.39, 0.29) is 0 Å². The van der Waals surface area contributed by atoms with Crippen molar-refractivity contribution >= 4 is 17.0 Å². The summed E-state index contributed by atoms with van der Waals surface area (Å²) in [6, 6.07) is 7.44. The Bertz CT molecular complexity index is 323. The molecule has 1 rings (SSSR count). The van der Waals surface area contributed by atoms with E-state index in [2.05, 4.69) is 13.8 Å². The maximum Gasteiger partial charge on any atom is 0.409 e. The van der Waals surface area contributed by atoms with Gasteiger partial charge in [0.15, 0.2) is 0 Å². The Kier molecular flexibility index (Phi) is 3.96. The van der Waals surface area contributed by atoms with Gasteiger partial charge in [-0.3, -0.25) is 0 Å². The van der Waals surface area contributed by atoms with Crippen molar-refractivity contribution in [1.29, 1.82) is 0 Å². The van der Waals surface area contributed by atoms with Gasteiger partial charge in [-0.05, 0) is 24.0 Å². The zero-order valence-corrected chi connectivity index (χ0v) is 9.04. The molecular weight excluding hydrogens is 200 g/mol. The first-order chi connectivity index (χ1) is 6.65. The average molecular weight is 213 g/mol. The SMILES string of the molecule is CCC(C)c1ccccc1OC(=O)Cl. The molecule has 0 heterocycles. The van der Waals surface area contributed by atoms with Gasteiger partial charge in [0.05, 0.1) is 0 Å². The molecule has 0 bridgehead atoms. The summed E-state index contributed by atoms with van der Waals surface area (Å²) >= 11 is 5.17. The van der Waals surface area contributed by atoms with Crippen molar-refractivity contribution in [2.24, 2.45) is 0 Å². The minimum absolute atomic E-state index is 0.363. The molecule has 3 heteroatoms. The second-order valence-corrected chi connectivity index (χ2v) is 3.50. The van der Waals surface area contributed by atoms with Crippen LogP contribution in [-0.4, -0.2) is 5.43 Å². The smallest absolute Gasteiger partial charge is 0.409 e. The molecule has 1 unspecified atom stereocenters. The first-order valence-electron chi connectivity index (χ1n) is 4.61. The molecule has 0 fully saturated rings. The fourth-order valence-corrected chi connectivity index (χ4v) is 1.37. The summed E-state index contributed by atoms with van der Waals surface area (Å²) in [5.74, 6) is 0.920. The minimum Gasteiger partial charge on any atom is -0.414 e. The summed E-state index contributed by atoms with van der Waals surface area (Å²) in [6.07, 6.45) is 0.997. The number of para-hydroxylation sites is 1. The third-order valence-electron chi connectivity index (χ3n) is 2.25. The number of carbonyl (C=O) groups is 1. The molecule has 14 heavy (non-hydrogen) atoms. The van der Waals surface area contributed by atoms with Gasteiger partial charge in [0, 0.05) is 11.6 Å². The van der Waals surface area contributed by atoms with Crippen molar-refractivity contribution in [3.8, 4) is 5.75 Å². The number of rotatable bonds is 3. The van der Waals surface area contributed by atoms with Gasteiger partial charge in [-0.2, -0.15) is 0 Å². The lowest BCUT2D eigenvalue weighted by molar-refractivity contribution is 0.225. The molecule has 0 aromatic heterocycles. The Morgan fingerprint density at radius 3 is 2.71 bits per heavy atom. The Balaban J connectivity index is 2.96. The van der Waals surface area contributed by atoms with Gasteiger partial charge in [0.1, 0.15) is 5.75 Å². The summed E-state index contributed by atoms with van der Waals surface area (Å²) in [7, 11) is 0. The van der Waals surface area contributed by atoms with E-state index in [1.165, 1.54) is 0 Å². The quantitative estimate of drug-likeness (QED) is 0.710. The Hall–Kier alpha value is -1.02.